The van der Waals surface area contributed by atoms with E-state index in [9.17, 15) is 9.59 Å². The first-order chi connectivity index (χ1) is 13.7. The highest BCUT2D eigenvalue weighted by atomic mass is 16.2. The molecular formula is C24H30N2O2. The van der Waals surface area contributed by atoms with Crippen molar-refractivity contribution in [2.75, 3.05) is 0 Å². The zero-order valence-electron chi connectivity index (χ0n) is 16.5. The number of carbonyl (C=O) groups is 2. The van der Waals surface area contributed by atoms with Crippen molar-refractivity contribution in [3.8, 4) is 0 Å². The van der Waals surface area contributed by atoms with E-state index >= 15 is 0 Å². The smallest absolute Gasteiger partial charge is 0.224 e. The van der Waals surface area contributed by atoms with E-state index in [0.29, 0.717) is 24.9 Å². The maximum atomic E-state index is 12.3. The van der Waals surface area contributed by atoms with Crippen molar-refractivity contribution in [1.82, 2.24) is 10.6 Å². The number of nitrogens with one attached hydrogen (secondary N) is 2. The summed E-state index contributed by atoms with van der Waals surface area (Å²) in [4.78, 5) is 24.5. The van der Waals surface area contributed by atoms with E-state index in [1.54, 1.807) is 0 Å². The van der Waals surface area contributed by atoms with Crippen LogP contribution in [-0.2, 0) is 22.4 Å². The topological polar surface area (TPSA) is 58.2 Å². The van der Waals surface area contributed by atoms with Gasteiger partial charge in [-0.3, -0.25) is 9.59 Å². The van der Waals surface area contributed by atoms with Gasteiger partial charge in [0, 0.05) is 12.1 Å². The number of amides is 2. The summed E-state index contributed by atoms with van der Waals surface area (Å²) in [6, 6.07) is 13.1. The average molecular weight is 379 g/mol. The molecule has 0 bridgehead atoms. The molecule has 0 radical (unpaired) electrons. The van der Waals surface area contributed by atoms with Gasteiger partial charge in [-0.15, -0.1) is 0 Å². The molecule has 2 aliphatic rings. The second kappa shape index (κ2) is 8.76. The summed E-state index contributed by atoms with van der Waals surface area (Å²) in [5, 5.41) is 8.54. The predicted octanol–water partition coefficient (Wildman–Crippen LogP) is 4.04. The number of rotatable bonds is 6. The molecule has 0 atom stereocenters. The van der Waals surface area contributed by atoms with Crippen LogP contribution < -0.4 is 10.6 Å². The van der Waals surface area contributed by atoms with Crippen LogP contribution in [0.4, 0.5) is 0 Å². The summed E-state index contributed by atoms with van der Waals surface area (Å²) in [6.45, 7) is 0. The van der Waals surface area contributed by atoms with E-state index in [-0.39, 0.29) is 11.8 Å². The first-order valence-electron chi connectivity index (χ1n) is 10.8. The maximum Gasteiger partial charge on any atom is 0.224 e. The highest BCUT2D eigenvalue weighted by molar-refractivity contribution is 5.87. The molecule has 2 aromatic rings. The summed E-state index contributed by atoms with van der Waals surface area (Å²) < 4.78 is 0. The van der Waals surface area contributed by atoms with Crippen molar-refractivity contribution in [3.05, 3.63) is 47.5 Å². The molecule has 0 saturated heterocycles. The monoisotopic (exact) mass is 378 g/mol. The van der Waals surface area contributed by atoms with Crippen molar-refractivity contribution in [1.29, 1.82) is 0 Å². The Hall–Kier alpha value is -2.36. The molecule has 28 heavy (non-hydrogen) atoms. The molecule has 4 heteroatoms. The molecule has 2 amide bonds. The van der Waals surface area contributed by atoms with Crippen LogP contribution in [0.1, 0.15) is 62.5 Å². The molecule has 2 fully saturated rings. The van der Waals surface area contributed by atoms with Crippen molar-refractivity contribution < 1.29 is 9.59 Å². The minimum atomic E-state index is 0.117. The van der Waals surface area contributed by atoms with Gasteiger partial charge in [0.1, 0.15) is 0 Å². The van der Waals surface area contributed by atoms with Crippen LogP contribution in [-0.4, -0.2) is 23.9 Å². The molecule has 0 unspecified atom stereocenters. The number of benzene rings is 2. The molecule has 2 aliphatic carbocycles. The van der Waals surface area contributed by atoms with Crippen LogP contribution in [0.5, 0.6) is 0 Å². The first kappa shape index (κ1) is 19.0. The highest BCUT2D eigenvalue weighted by Crippen LogP contribution is 2.21. The van der Waals surface area contributed by atoms with Crippen molar-refractivity contribution in [3.63, 3.8) is 0 Å². The van der Waals surface area contributed by atoms with Gasteiger partial charge in [0.2, 0.25) is 11.8 Å². The van der Waals surface area contributed by atoms with Gasteiger partial charge >= 0.3 is 0 Å². The molecule has 0 heterocycles. The third-order valence-corrected chi connectivity index (χ3v) is 6.14. The second-order valence-corrected chi connectivity index (χ2v) is 8.47. The Bertz CT molecular complexity index is 778. The van der Waals surface area contributed by atoms with E-state index in [4.69, 9.17) is 0 Å². The molecule has 4 nitrogen and oxygen atoms in total. The SMILES string of the molecule is O=C(Cc1ccc2cc(CC(=O)NC3CCCC3)ccc2c1)NC1CCCC1. The molecular weight excluding hydrogens is 348 g/mol. The summed E-state index contributed by atoms with van der Waals surface area (Å²) in [6.07, 6.45) is 10.2. The van der Waals surface area contributed by atoms with Gasteiger partial charge < -0.3 is 10.6 Å². The molecule has 0 spiro atoms. The fourth-order valence-electron chi connectivity index (χ4n) is 4.63. The Balaban J connectivity index is 1.36. The van der Waals surface area contributed by atoms with Crippen LogP contribution in [0.25, 0.3) is 10.8 Å². The van der Waals surface area contributed by atoms with Crippen LogP contribution in [0.3, 0.4) is 0 Å². The summed E-state index contributed by atoms with van der Waals surface area (Å²) >= 11 is 0. The van der Waals surface area contributed by atoms with E-state index in [1.807, 2.05) is 12.1 Å². The molecule has 148 valence electrons. The number of hydrogen-bond acceptors (Lipinski definition) is 2. The minimum absolute atomic E-state index is 0.117. The van der Waals surface area contributed by atoms with Crippen molar-refractivity contribution >= 4 is 22.6 Å². The van der Waals surface area contributed by atoms with Crippen molar-refractivity contribution in [2.45, 2.75) is 76.3 Å². The number of hydrogen-bond donors (Lipinski definition) is 2. The average Bonchev–Trinajstić information content (AvgIpc) is 3.36. The van der Waals surface area contributed by atoms with Gasteiger partial charge in [0.05, 0.1) is 12.8 Å². The molecule has 0 aromatic heterocycles. The lowest BCUT2D eigenvalue weighted by Crippen LogP contribution is -2.33. The lowest BCUT2D eigenvalue weighted by molar-refractivity contribution is -0.122. The van der Waals surface area contributed by atoms with Gasteiger partial charge in [-0.1, -0.05) is 62.1 Å². The zero-order chi connectivity index (χ0) is 19.3. The summed E-state index contributed by atoms with van der Waals surface area (Å²) in [5.74, 6) is 0.234. The van der Waals surface area contributed by atoms with Crippen molar-refractivity contribution in [2.24, 2.45) is 0 Å². The maximum absolute atomic E-state index is 12.3. The normalized spacial score (nSPS) is 17.9. The lowest BCUT2D eigenvalue weighted by Gasteiger charge is -2.13. The standard InChI is InChI=1S/C24H30N2O2/c27-23(25-21-5-1-2-6-21)15-17-9-11-20-14-18(10-12-19(20)13-17)16-24(28)26-22-7-3-4-8-22/h9-14,21-22H,1-8,15-16H2,(H,25,27)(H,26,28). The van der Waals surface area contributed by atoms with E-state index in [1.165, 1.54) is 25.7 Å². The molecule has 2 N–H and O–H groups in total. The molecule has 2 aromatic carbocycles. The third-order valence-electron chi connectivity index (χ3n) is 6.14. The van der Waals surface area contributed by atoms with Gasteiger partial charge in [0.15, 0.2) is 0 Å². The Morgan fingerprint density at radius 2 is 1.07 bits per heavy atom. The lowest BCUT2D eigenvalue weighted by atomic mass is 10.0. The Morgan fingerprint density at radius 1 is 0.679 bits per heavy atom. The van der Waals surface area contributed by atoms with Crippen LogP contribution in [0, 0.1) is 0 Å². The largest absolute Gasteiger partial charge is 0.353 e. The van der Waals surface area contributed by atoms with E-state index in [0.717, 1.165) is 47.6 Å². The fourth-order valence-corrected chi connectivity index (χ4v) is 4.63. The number of fused-ring (bicyclic) bond motifs is 1. The first-order valence-corrected chi connectivity index (χ1v) is 10.8. The summed E-state index contributed by atoms with van der Waals surface area (Å²) in [5.41, 5.74) is 2.07. The van der Waals surface area contributed by atoms with Crippen LogP contribution in [0.2, 0.25) is 0 Å². The Morgan fingerprint density at radius 3 is 1.46 bits per heavy atom. The third kappa shape index (κ3) is 4.92. The van der Waals surface area contributed by atoms with Gasteiger partial charge in [0.25, 0.3) is 0 Å². The van der Waals surface area contributed by atoms with Gasteiger partial charge in [-0.2, -0.15) is 0 Å². The highest BCUT2D eigenvalue weighted by Gasteiger charge is 2.18. The van der Waals surface area contributed by atoms with Crippen LogP contribution in [0.15, 0.2) is 36.4 Å². The Kier molecular flexibility index (Phi) is 5.94. The van der Waals surface area contributed by atoms with Crippen LogP contribution >= 0.6 is 0 Å². The molecule has 4 rings (SSSR count). The molecule has 0 aliphatic heterocycles. The Labute approximate surface area is 167 Å². The van der Waals surface area contributed by atoms with E-state index < -0.39 is 0 Å². The molecule has 2 saturated carbocycles. The predicted molar refractivity (Wildman–Crippen MR) is 112 cm³/mol. The van der Waals surface area contributed by atoms with Gasteiger partial charge in [-0.25, -0.2) is 0 Å². The quantitative estimate of drug-likeness (QED) is 0.797. The number of carbonyl (C=O) groups excluding carboxylic acids is 2. The summed E-state index contributed by atoms with van der Waals surface area (Å²) in [7, 11) is 0. The van der Waals surface area contributed by atoms with Gasteiger partial charge in [-0.05, 0) is 47.6 Å². The zero-order valence-corrected chi connectivity index (χ0v) is 16.5. The van der Waals surface area contributed by atoms with E-state index in [2.05, 4.69) is 34.9 Å². The second-order valence-electron chi connectivity index (χ2n) is 8.47. The minimum Gasteiger partial charge on any atom is -0.353 e. The fraction of sp³-hybridized carbons (Fsp3) is 0.500.